The van der Waals surface area contributed by atoms with Crippen LogP contribution in [0.2, 0.25) is 0 Å². The molecule has 3 rings (SSSR count). The van der Waals surface area contributed by atoms with Crippen LogP contribution in [0.1, 0.15) is 43.1 Å². The molecule has 0 spiro atoms. The van der Waals surface area contributed by atoms with Crippen molar-refractivity contribution in [2.45, 2.75) is 58.0 Å². The lowest BCUT2D eigenvalue weighted by atomic mass is 10.1. The molecule has 1 aromatic carbocycles. The summed E-state index contributed by atoms with van der Waals surface area (Å²) in [6.45, 7) is 5.30. The van der Waals surface area contributed by atoms with Gasteiger partial charge in [-0.1, -0.05) is 6.07 Å². The zero-order chi connectivity index (χ0) is 21.3. The number of aromatic nitrogens is 3. The summed E-state index contributed by atoms with van der Waals surface area (Å²) in [5.41, 5.74) is 2.01. The highest BCUT2D eigenvalue weighted by atomic mass is 32.2. The van der Waals surface area contributed by atoms with Crippen molar-refractivity contribution in [1.29, 1.82) is 0 Å². The number of halogens is 1. The van der Waals surface area contributed by atoms with Gasteiger partial charge in [0.05, 0.1) is 6.54 Å². The minimum Gasteiger partial charge on any atom is -0.357 e. The third-order valence-electron chi connectivity index (χ3n) is 5.09. The molecule has 2 aromatic rings. The van der Waals surface area contributed by atoms with Gasteiger partial charge in [0.15, 0.2) is 5.96 Å². The first-order chi connectivity index (χ1) is 14.6. The number of benzene rings is 1. The van der Waals surface area contributed by atoms with E-state index in [1.807, 2.05) is 13.2 Å². The standard InChI is InChI=1S/C21H31FN6OS/c1-3-23-20(25-14-16-8-9-18(22)13-17(16)15-30-2)24-10-6-12-28-21(29)27-11-5-4-7-19(27)26-28/h8-9,13H,3-7,10-12,14-15H2,1-2H3,(H2,23,24,25). The first-order valence-corrected chi connectivity index (χ1v) is 12.0. The number of rotatable bonds is 9. The second kappa shape index (κ2) is 11.2. The van der Waals surface area contributed by atoms with Gasteiger partial charge < -0.3 is 10.6 Å². The molecule has 0 saturated carbocycles. The third kappa shape index (κ3) is 5.87. The normalized spacial score (nSPS) is 13.9. The van der Waals surface area contributed by atoms with Gasteiger partial charge in [-0.3, -0.25) is 4.57 Å². The topological polar surface area (TPSA) is 76.2 Å². The Morgan fingerprint density at radius 3 is 2.93 bits per heavy atom. The van der Waals surface area contributed by atoms with E-state index in [4.69, 9.17) is 0 Å². The van der Waals surface area contributed by atoms with Crippen molar-refractivity contribution in [3.8, 4) is 0 Å². The molecule has 0 radical (unpaired) electrons. The lowest BCUT2D eigenvalue weighted by Crippen LogP contribution is -2.38. The number of thioether (sulfide) groups is 1. The fraction of sp³-hybridized carbons (Fsp3) is 0.571. The Morgan fingerprint density at radius 1 is 1.30 bits per heavy atom. The molecule has 0 aliphatic carbocycles. The summed E-state index contributed by atoms with van der Waals surface area (Å²) in [5.74, 6) is 2.17. The van der Waals surface area contributed by atoms with Crippen LogP contribution in [-0.4, -0.2) is 39.7 Å². The van der Waals surface area contributed by atoms with Gasteiger partial charge in [-0.15, -0.1) is 0 Å². The van der Waals surface area contributed by atoms with E-state index >= 15 is 0 Å². The van der Waals surface area contributed by atoms with Crippen LogP contribution >= 0.6 is 11.8 Å². The van der Waals surface area contributed by atoms with Crippen molar-refractivity contribution in [2.75, 3.05) is 19.3 Å². The maximum atomic E-state index is 13.5. The zero-order valence-electron chi connectivity index (χ0n) is 17.8. The van der Waals surface area contributed by atoms with E-state index in [2.05, 4.69) is 20.7 Å². The van der Waals surface area contributed by atoms with Crippen LogP contribution in [0.15, 0.2) is 28.0 Å². The molecule has 9 heteroatoms. The van der Waals surface area contributed by atoms with Crippen molar-refractivity contribution in [1.82, 2.24) is 25.0 Å². The summed E-state index contributed by atoms with van der Waals surface area (Å²) in [4.78, 5) is 17.0. The molecule has 0 bridgehead atoms. The van der Waals surface area contributed by atoms with E-state index < -0.39 is 0 Å². The molecule has 0 fully saturated rings. The van der Waals surface area contributed by atoms with Crippen LogP contribution in [0, 0.1) is 5.82 Å². The molecule has 7 nitrogen and oxygen atoms in total. The fourth-order valence-corrected chi connectivity index (χ4v) is 4.15. The van der Waals surface area contributed by atoms with Gasteiger partial charge in [0.2, 0.25) is 0 Å². The van der Waals surface area contributed by atoms with Crippen LogP contribution in [0.4, 0.5) is 4.39 Å². The van der Waals surface area contributed by atoms with Crippen molar-refractivity contribution in [3.05, 3.63) is 51.5 Å². The lowest BCUT2D eigenvalue weighted by molar-refractivity contribution is 0.509. The summed E-state index contributed by atoms with van der Waals surface area (Å²) in [7, 11) is 0. The first-order valence-electron chi connectivity index (χ1n) is 10.6. The number of aliphatic imine (C=N–C) groups is 1. The molecule has 30 heavy (non-hydrogen) atoms. The number of hydrogen-bond acceptors (Lipinski definition) is 4. The van der Waals surface area contributed by atoms with Gasteiger partial charge >= 0.3 is 5.69 Å². The maximum absolute atomic E-state index is 13.5. The number of hydrogen-bond donors (Lipinski definition) is 2. The fourth-order valence-electron chi connectivity index (χ4n) is 3.57. The molecule has 1 aliphatic rings. The van der Waals surface area contributed by atoms with E-state index in [0.717, 1.165) is 61.5 Å². The second-order valence-corrected chi connectivity index (χ2v) is 8.22. The minimum atomic E-state index is -0.215. The summed E-state index contributed by atoms with van der Waals surface area (Å²) >= 11 is 1.67. The quantitative estimate of drug-likeness (QED) is 0.360. The van der Waals surface area contributed by atoms with Crippen LogP contribution in [0.25, 0.3) is 0 Å². The second-order valence-electron chi connectivity index (χ2n) is 7.35. The van der Waals surface area contributed by atoms with Gasteiger partial charge in [-0.05, 0) is 55.7 Å². The van der Waals surface area contributed by atoms with Gasteiger partial charge in [0, 0.05) is 38.4 Å². The number of nitrogens with zero attached hydrogens (tertiary/aromatic N) is 4. The summed E-state index contributed by atoms with van der Waals surface area (Å²) < 4.78 is 16.9. The van der Waals surface area contributed by atoms with Crippen molar-refractivity contribution < 1.29 is 4.39 Å². The molecule has 164 valence electrons. The number of fused-ring (bicyclic) bond motifs is 1. The summed E-state index contributed by atoms with van der Waals surface area (Å²) in [5, 5.41) is 11.0. The predicted octanol–water partition coefficient (Wildman–Crippen LogP) is 2.53. The van der Waals surface area contributed by atoms with Crippen LogP contribution < -0.4 is 16.3 Å². The number of guanidine groups is 1. The van der Waals surface area contributed by atoms with E-state index in [-0.39, 0.29) is 11.5 Å². The Balaban J connectivity index is 1.55. The van der Waals surface area contributed by atoms with E-state index in [0.29, 0.717) is 25.6 Å². The highest BCUT2D eigenvalue weighted by Gasteiger charge is 2.16. The van der Waals surface area contributed by atoms with Gasteiger partial charge in [-0.25, -0.2) is 18.9 Å². The largest absolute Gasteiger partial charge is 0.357 e. The molecule has 2 heterocycles. The number of nitrogens with one attached hydrogen (secondary N) is 2. The zero-order valence-corrected chi connectivity index (χ0v) is 18.6. The highest BCUT2D eigenvalue weighted by Crippen LogP contribution is 2.17. The summed E-state index contributed by atoms with van der Waals surface area (Å²) in [6, 6.07) is 4.88. The number of aryl methyl sites for hydroxylation is 2. The third-order valence-corrected chi connectivity index (χ3v) is 5.69. The molecule has 0 atom stereocenters. The monoisotopic (exact) mass is 434 g/mol. The average molecular weight is 435 g/mol. The van der Waals surface area contributed by atoms with Crippen LogP contribution in [-0.2, 0) is 31.8 Å². The Bertz CT molecular complexity index is 923. The predicted molar refractivity (Wildman–Crippen MR) is 120 cm³/mol. The highest BCUT2D eigenvalue weighted by molar-refractivity contribution is 7.97. The van der Waals surface area contributed by atoms with E-state index in [1.54, 1.807) is 33.1 Å². The van der Waals surface area contributed by atoms with Gasteiger partial charge in [0.1, 0.15) is 11.6 Å². The van der Waals surface area contributed by atoms with Gasteiger partial charge in [-0.2, -0.15) is 16.9 Å². The lowest BCUT2D eigenvalue weighted by Gasteiger charge is -2.12. The van der Waals surface area contributed by atoms with E-state index in [9.17, 15) is 9.18 Å². The first kappa shape index (κ1) is 22.4. The van der Waals surface area contributed by atoms with Crippen molar-refractivity contribution in [3.63, 3.8) is 0 Å². The molecule has 0 saturated heterocycles. The Kier molecular flexibility index (Phi) is 8.36. The molecular weight excluding hydrogens is 403 g/mol. The van der Waals surface area contributed by atoms with Crippen LogP contribution in [0.5, 0.6) is 0 Å². The molecule has 1 aromatic heterocycles. The molecular formula is C21H31FN6OS. The molecule has 1 aliphatic heterocycles. The molecule has 2 N–H and O–H groups in total. The Labute approximate surface area is 181 Å². The van der Waals surface area contributed by atoms with Crippen LogP contribution in [0.3, 0.4) is 0 Å². The SMILES string of the molecule is CCNC(=NCc1ccc(F)cc1CSC)NCCCn1nc2n(c1=O)CCCC2. The summed E-state index contributed by atoms with van der Waals surface area (Å²) in [6.07, 6.45) is 5.82. The average Bonchev–Trinajstić information content (AvgIpc) is 3.06. The van der Waals surface area contributed by atoms with Crippen molar-refractivity contribution in [2.24, 2.45) is 4.99 Å². The smallest absolute Gasteiger partial charge is 0.345 e. The van der Waals surface area contributed by atoms with Crippen molar-refractivity contribution >= 4 is 17.7 Å². The Hall–Kier alpha value is -2.29. The minimum absolute atomic E-state index is 0.00269. The van der Waals surface area contributed by atoms with E-state index in [1.165, 1.54) is 6.07 Å². The van der Waals surface area contributed by atoms with Gasteiger partial charge in [0.25, 0.3) is 0 Å². The Morgan fingerprint density at radius 2 is 2.17 bits per heavy atom. The molecule has 0 amide bonds. The maximum Gasteiger partial charge on any atom is 0.345 e. The molecule has 0 unspecified atom stereocenters.